The number of rotatable bonds is 6. The normalized spacial score (nSPS) is 19.9. The van der Waals surface area contributed by atoms with E-state index in [0.29, 0.717) is 23.7 Å². The number of hydrogen-bond donors (Lipinski definition) is 1. The molecule has 2 aromatic rings. The molecule has 8 heteroatoms. The Morgan fingerprint density at radius 2 is 2.03 bits per heavy atom. The van der Waals surface area contributed by atoms with Gasteiger partial charge in [-0.05, 0) is 56.0 Å². The zero-order valence-electron chi connectivity index (χ0n) is 17.0. The van der Waals surface area contributed by atoms with Gasteiger partial charge in [-0.15, -0.1) is 11.3 Å². The van der Waals surface area contributed by atoms with Crippen LogP contribution in [0.3, 0.4) is 0 Å². The van der Waals surface area contributed by atoms with Gasteiger partial charge >= 0.3 is 0 Å². The smallest absolute Gasteiger partial charge is 0.295 e. The quantitative estimate of drug-likeness (QED) is 0.429. The molecule has 1 N–H and O–H groups in total. The lowest BCUT2D eigenvalue weighted by Crippen LogP contribution is -2.33. The van der Waals surface area contributed by atoms with Crippen molar-refractivity contribution in [1.29, 1.82) is 0 Å². The minimum absolute atomic E-state index is 0.0115. The van der Waals surface area contributed by atoms with Gasteiger partial charge in [-0.2, -0.15) is 0 Å². The van der Waals surface area contributed by atoms with Gasteiger partial charge in [0.05, 0.1) is 24.3 Å². The van der Waals surface area contributed by atoms with Crippen LogP contribution in [0.1, 0.15) is 35.9 Å². The second kappa shape index (κ2) is 8.12. The Hall–Kier alpha value is -2.84. The van der Waals surface area contributed by atoms with Crippen LogP contribution in [0.5, 0.6) is 11.5 Å². The van der Waals surface area contributed by atoms with Crippen LogP contribution in [0.2, 0.25) is 0 Å². The zero-order chi connectivity index (χ0) is 21.4. The van der Waals surface area contributed by atoms with E-state index in [1.807, 2.05) is 32.2 Å². The summed E-state index contributed by atoms with van der Waals surface area (Å²) in [4.78, 5) is 28.2. The number of likely N-dealkylation sites (tertiary alicyclic amines) is 1. The first kappa shape index (κ1) is 20.4. The van der Waals surface area contributed by atoms with Crippen molar-refractivity contribution in [1.82, 2.24) is 4.90 Å². The molecule has 1 amide bonds. The molecule has 4 rings (SSSR count). The average Bonchev–Trinajstić information content (AvgIpc) is 3.41. The van der Waals surface area contributed by atoms with Crippen LogP contribution in [-0.2, 0) is 14.3 Å². The molecule has 30 heavy (non-hydrogen) atoms. The van der Waals surface area contributed by atoms with Gasteiger partial charge in [-0.3, -0.25) is 9.59 Å². The topological polar surface area (TPSA) is 85.3 Å². The third-order valence-electron chi connectivity index (χ3n) is 5.12. The molecule has 1 fully saturated rings. The molecule has 1 aromatic heterocycles. The van der Waals surface area contributed by atoms with Crippen LogP contribution < -0.4 is 9.47 Å². The zero-order valence-corrected chi connectivity index (χ0v) is 17.8. The van der Waals surface area contributed by atoms with Crippen molar-refractivity contribution in [3.05, 3.63) is 51.2 Å². The third-order valence-corrected chi connectivity index (χ3v) is 6.19. The molecule has 0 bridgehead atoms. The number of hydrogen-bond acceptors (Lipinski definition) is 7. The average molecular weight is 429 g/mol. The van der Waals surface area contributed by atoms with E-state index in [1.54, 1.807) is 18.2 Å². The molecule has 7 nitrogen and oxygen atoms in total. The van der Waals surface area contributed by atoms with Crippen molar-refractivity contribution in [3.8, 4) is 11.5 Å². The number of ketones is 1. The number of ether oxygens (including phenoxy) is 3. The molecule has 1 saturated heterocycles. The van der Waals surface area contributed by atoms with Crippen LogP contribution in [-0.4, -0.2) is 47.7 Å². The largest absolute Gasteiger partial charge is 0.507 e. The molecule has 0 saturated carbocycles. The highest BCUT2D eigenvalue weighted by molar-refractivity contribution is 7.10. The number of thiophene rings is 1. The summed E-state index contributed by atoms with van der Waals surface area (Å²) in [5.74, 6) is -0.502. The number of carbonyl (C=O) groups excluding carboxylic acids is 2. The Kier molecular flexibility index (Phi) is 5.53. The van der Waals surface area contributed by atoms with Gasteiger partial charge < -0.3 is 24.2 Å². The Balaban J connectivity index is 1.78. The van der Waals surface area contributed by atoms with Gasteiger partial charge in [0.1, 0.15) is 5.76 Å². The summed E-state index contributed by atoms with van der Waals surface area (Å²) in [7, 11) is 0. The van der Waals surface area contributed by atoms with Gasteiger partial charge in [0.25, 0.3) is 11.7 Å². The van der Waals surface area contributed by atoms with Crippen LogP contribution >= 0.6 is 11.3 Å². The van der Waals surface area contributed by atoms with Gasteiger partial charge in [0.2, 0.25) is 6.79 Å². The number of Topliss-reactive ketones (excluding diaryl/α,β-unsaturated/α-hetero) is 1. The van der Waals surface area contributed by atoms with Crippen molar-refractivity contribution >= 4 is 28.8 Å². The SMILES string of the molecule is Cc1ccsc1C1/C(=C(/O)c2ccc3c(c2)OCO3)C(=O)C(=O)N1CCOC(C)C. The summed E-state index contributed by atoms with van der Waals surface area (Å²) in [6.07, 6.45) is 0.0115. The number of aliphatic hydroxyl groups excluding tert-OH is 1. The van der Waals surface area contributed by atoms with E-state index in [2.05, 4.69) is 0 Å². The van der Waals surface area contributed by atoms with E-state index in [-0.39, 0.29) is 30.8 Å². The molecule has 2 aliphatic rings. The molecular formula is C22H23NO6S. The fourth-order valence-corrected chi connectivity index (χ4v) is 4.68. The molecule has 3 heterocycles. The molecule has 1 aromatic carbocycles. The first-order valence-electron chi connectivity index (χ1n) is 9.72. The first-order chi connectivity index (χ1) is 14.4. The lowest BCUT2D eigenvalue weighted by Gasteiger charge is -2.25. The van der Waals surface area contributed by atoms with Crippen LogP contribution in [0, 0.1) is 6.92 Å². The second-order valence-corrected chi connectivity index (χ2v) is 8.40. The highest BCUT2D eigenvalue weighted by Gasteiger charge is 2.47. The fraction of sp³-hybridized carbons (Fsp3) is 0.364. The Morgan fingerprint density at radius 1 is 1.27 bits per heavy atom. The van der Waals surface area contributed by atoms with E-state index in [4.69, 9.17) is 14.2 Å². The summed E-state index contributed by atoms with van der Waals surface area (Å²) < 4.78 is 16.3. The summed E-state index contributed by atoms with van der Waals surface area (Å²) in [6.45, 7) is 6.41. The highest BCUT2D eigenvalue weighted by Crippen LogP contribution is 2.43. The standard InChI is InChI=1S/C22H23NO6S/c1-12(2)27-8-7-23-18(21-13(3)6-9-30-21)17(20(25)22(23)26)19(24)14-4-5-15-16(10-14)29-11-28-15/h4-6,9-10,12,18,24H,7-8,11H2,1-3H3/b19-17-. The predicted octanol–water partition coefficient (Wildman–Crippen LogP) is 3.63. The molecule has 0 radical (unpaired) electrons. The summed E-state index contributed by atoms with van der Waals surface area (Å²) in [6, 6.07) is 6.22. The lowest BCUT2D eigenvalue weighted by atomic mass is 9.98. The van der Waals surface area contributed by atoms with Crippen molar-refractivity contribution in [3.63, 3.8) is 0 Å². The van der Waals surface area contributed by atoms with Crippen molar-refractivity contribution in [2.45, 2.75) is 32.9 Å². The van der Waals surface area contributed by atoms with E-state index >= 15 is 0 Å². The summed E-state index contributed by atoms with van der Waals surface area (Å²) in [5, 5.41) is 13.0. The summed E-state index contributed by atoms with van der Waals surface area (Å²) >= 11 is 1.45. The number of nitrogens with zero attached hydrogens (tertiary/aromatic N) is 1. The maximum absolute atomic E-state index is 13.0. The number of carbonyl (C=O) groups is 2. The second-order valence-electron chi connectivity index (χ2n) is 7.45. The van der Waals surface area contributed by atoms with E-state index in [1.165, 1.54) is 16.2 Å². The lowest BCUT2D eigenvalue weighted by molar-refractivity contribution is -0.140. The first-order valence-corrected chi connectivity index (χ1v) is 10.6. The molecular weight excluding hydrogens is 406 g/mol. The number of amides is 1. The molecule has 1 unspecified atom stereocenters. The van der Waals surface area contributed by atoms with Crippen LogP contribution in [0.4, 0.5) is 0 Å². The van der Waals surface area contributed by atoms with Crippen molar-refractivity contribution in [2.24, 2.45) is 0 Å². The highest BCUT2D eigenvalue weighted by atomic mass is 32.1. The van der Waals surface area contributed by atoms with E-state index < -0.39 is 17.7 Å². The maximum Gasteiger partial charge on any atom is 0.295 e. The number of fused-ring (bicyclic) bond motifs is 1. The number of aliphatic hydroxyl groups is 1. The molecule has 0 aliphatic carbocycles. The Bertz CT molecular complexity index is 1020. The monoisotopic (exact) mass is 429 g/mol. The van der Waals surface area contributed by atoms with Gasteiger partial charge in [-0.25, -0.2) is 0 Å². The minimum Gasteiger partial charge on any atom is -0.507 e. The van der Waals surface area contributed by atoms with Gasteiger partial charge in [-0.1, -0.05) is 0 Å². The van der Waals surface area contributed by atoms with Crippen LogP contribution in [0.25, 0.3) is 5.76 Å². The Morgan fingerprint density at radius 3 is 2.73 bits per heavy atom. The minimum atomic E-state index is -0.701. The molecule has 2 aliphatic heterocycles. The van der Waals surface area contributed by atoms with Gasteiger partial charge in [0, 0.05) is 17.0 Å². The summed E-state index contributed by atoms with van der Waals surface area (Å²) in [5.41, 5.74) is 1.43. The molecule has 0 spiro atoms. The maximum atomic E-state index is 13.0. The predicted molar refractivity (Wildman–Crippen MR) is 112 cm³/mol. The van der Waals surface area contributed by atoms with Crippen molar-refractivity contribution in [2.75, 3.05) is 19.9 Å². The van der Waals surface area contributed by atoms with Crippen LogP contribution in [0.15, 0.2) is 35.2 Å². The van der Waals surface area contributed by atoms with E-state index in [9.17, 15) is 14.7 Å². The van der Waals surface area contributed by atoms with Gasteiger partial charge in [0.15, 0.2) is 11.5 Å². The third kappa shape index (κ3) is 3.57. The molecule has 158 valence electrons. The number of benzene rings is 1. The van der Waals surface area contributed by atoms with Crippen molar-refractivity contribution < 1.29 is 28.9 Å². The fourth-order valence-electron chi connectivity index (χ4n) is 3.63. The van der Waals surface area contributed by atoms with E-state index in [0.717, 1.165) is 10.4 Å². The Labute approximate surface area is 178 Å². The molecule has 1 atom stereocenters. The number of aryl methyl sites for hydroxylation is 1.